The third-order valence-electron chi connectivity index (χ3n) is 7.02. The molecule has 0 saturated heterocycles. The van der Waals surface area contributed by atoms with Crippen LogP contribution >= 0.6 is 11.3 Å². The van der Waals surface area contributed by atoms with Crippen LogP contribution < -0.4 is 10.2 Å². The van der Waals surface area contributed by atoms with Crippen LogP contribution in [-0.2, 0) is 0 Å². The Morgan fingerprint density at radius 3 is 1.85 bits per heavy atom. The minimum absolute atomic E-state index is 1.05. The number of fused-ring (bicyclic) bond motifs is 3. The molecule has 6 aromatic carbocycles. The maximum Gasteiger partial charge on any atom is 0.0482 e. The van der Waals surface area contributed by atoms with Crippen LogP contribution in [0.3, 0.4) is 0 Å². The van der Waals surface area contributed by atoms with Crippen LogP contribution in [0.1, 0.15) is 0 Å². The minimum atomic E-state index is 1.05. The standard InChI is InChI=1S/C36H26N2S/c1-3-10-26(11-4-1)27-18-21-31(22-19-27)38(30-13-5-2-6-14-30)32-15-9-12-28(24-32)37-29-20-23-34-33-16-7-8-17-35(33)39-36(34)25-29/h1-25,37H. The molecule has 0 aliphatic carbocycles. The lowest BCUT2D eigenvalue weighted by molar-refractivity contribution is 1.28. The molecule has 7 aromatic rings. The average Bonchev–Trinajstić information content (AvgIpc) is 3.37. The fourth-order valence-corrected chi connectivity index (χ4v) is 6.30. The molecule has 0 unspecified atom stereocenters. The van der Waals surface area contributed by atoms with Gasteiger partial charge in [0, 0.05) is 48.6 Å². The van der Waals surface area contributed by atoms with Gasteiger partial charge < -0.3 is 10.2 Å². The Kier molecular flexibility index (Phi) is 6.04. The lowest BCUT2D eigenvalue weighted by Gasteiger charge is -2.26. The Morgan fingerprint density at radius 2 is 1.03 bits per heavy atom. The molecule has 39 heavy (non-hydrogen) atoms. The quantitative estimate of drug-likeness (QED) is 0.235. The van der Waals surface area contributed by atoms with Crippen molar-refractivity contribution in [3.8, 4) is 11.1 Å². The second-order valence-electron chi connectivity index (χ2n) is 9.57. The van der Waals surface area contributed by atoms with Crippen molar-refractivity contribution in [3.05, 3.63) is 152 Å². The average molecular weight is 519 g/mol. The number of para-hydroxylation sites is 1. The highest BCUT2D eigenvalue weighted by Crippen LogP contribution is 2.38. The third kappa shape index (κ3) is 4.65. The van der Waals surface area contributed by atoms with Crippen LogP contribution in [-0.4, -0.2) is 0 Å². The molecule has 1 heterocycles. The zero-order valence-electron chi connectivity index (χ0n) is 21.3. The Bertz CT molecular complexity index is 1870. The van der Waals surface area contributed by atoms with E-state index >= 15 is 0 Å². The zero-order chi connectivity index (χ0) is 26.0. The zero-order valence-corrected chi connectivity index (χ0v) is 22.1. The molecule has 1 N–H and O–H groups in total. The predicted octanol–water partition coefficient (Wildman–Crippen LogP) is 10.9. The highest BCUT2D eigenvalue weighted by Gasteiger charge is 2.13. The van der Waals surface area contributed by atoms with Crippen LogP contribution in [0, 0.1) is 0 Å². The van der Waals surface area contributed by atoms with Crippen molar-refractivity contribution in [1.82, 2.24) is 0 Å². The van der Waals surface area contributed by atoms with Crippen molar-refractivity contribution in [2.75, 3.05) is 10.2 Å². The van der Waals surface area contributed by atoms with Crippen LogP contribution in [0.25, 0.3) is 31.3 Å². The summed E-state index contributed by atoms with van der Waals surface area (Å²) in [6.07, 6.45) is 0. The lowest BCUT2D eigenvalue weighted by atomic mass is 10.0. The van der Waals surface area contributed by atoms with Crippen molar-refractivity contribution in [3.63, 3.8) is 0 Å². The number of rotatable bonds is 6. The molecular weight excluding hydrogens is 492 g/mol. The van der Waals surface area contributed by atoms with E-state index < -0.39 is 0 Å². The number of hydrogen-bond donors (Lipinski definition) is 1. The number of anilines is 5. The summed E-state index contributed by atoms with van der Waals surface area (Å²) in [5, 5.41) is 6.28. The van der Waals surface area contributed by atoms with Gasteiger partial charge in [-0.1, -0.05) is 91.0 Å². The molecule has 0 aliphatic rings. The van der Waals surface area contributed by atoms with Gasteiger partial charge in [0.1, 0.15) is 0 Å². The first-order chi connectivity index (χ1) is 19.3. The summed E-state index contributed by atoms with van der Waals surface area (Å²) < 4.78 is 2.62. The molecule has 1 aromatic heterocycles. The van der Waals surface area contributed by atoms with Gasteiger partial charge >= 0.3 is 0 Å². The molecular formula is C36H26N2S. The number of nitrogens with zero attached hydrogens (tertiary/aromatic N) is 1. The number of nitrogens with one attached hydrogen (secondary N) is 1. The van der Waals surface area contributed by atoms with Gasteiger partial charge in [-0.2, -0.15) is 0 Å². The van der Waals surface area contributed by atoms with Gasteiger partial charge in [0.15, 0.2) is 0 Å². The predicted molar refractivity (Wildman–Crippen MR) is 169 cm³/mol. The summed E-state index contributed by atoms with van der Waals surface area (Å²) >= 11 is 1.84. The molecule has 2 nitrogen and oxygen atoms in total. The Balaban J connectivity index is 1.23. The van der Waals surface area contributed by atoms with E-state index in [1.54, 1.807) is 0 Å². The largest absolute Gasteiger partial charge is 0.355 e. The molecule has 0 amide bonds. The van der Waals surface area contributed by atoms with E-state index in [0.29, 0.717) is 0 Å². The number of thiophene rings is 1. The molecule has 186 valence electrons. The van der Waals surface area contributed by atoms with E-state index in [4.69, 9.17) is 0 Å². The fraction of sp³-hybridized carbons (Fsp3) is 0. The molecule has 3 heteroatoms. The van der Waals surface area contributed by atoms with Gasteiger partial charge in [-0.05, 0) is 71.8 Å². The summed E-state index contributed by atoms with van der Waals surface area (Å²) in [4.78, 5) is 2.30. The Morgan fingerprint density at radius 1 is 0.410 bits per heavy atom. The molecule has 0 saturated carbocycles. The van der Waals surface area contributed by atoms with Gasteiger partial charge in [0.2, 0.25) is 0 Å². The lowest BCUT2D eigenvalue weighted by Crippen LogP contribution is -2.10. The summed E-state index contributed by atoms with van der Waals surface area (Å²) in [6.45, 7) is 0. The van der Waals surface area contributed by atoms with Crippen LogP contribution in [0.5, 0.6) is 0 Å². The summed E-state index contributed by atoms with van der Waals surface area (Å²) in [6, 6.07) is 53.7. The maximum absolute atomic E-state index is 3.65. The molecule has 0 aliphatic heterocycles. The van der Waals surface area contributed by atoms with E-state index in [1.165, 1.54) is 31.3 Å². The van der Waals surface area contributed by atoms with E-state index in [0.717, 1.165) is 28.4 Å². The van der Waals surface area contributed by atoms with Crippen molar-refractivity contribution >= 4 is 59.9 Å². The van der Waals surface area contributed by atoms with Crippen LogP contribution in [0.4, 0.5) is 28.4 Å². The molecule has 0 spiro atoms. The highest BCUT2D eigenvalue weighted by atomic mass is 32.1. The second-order valence-corrected chi connectivity index (χ2v) is 10.7. The normalized spacial score (nSPS) is 11.1. The SMILES string of the molecule is c1ccc(-c2ccc(N(c3ccccc3)c3cccc(Nc4ccc5c(c4)sc4ccccc45)c3)cc2)cc1. The van der Waals surface area contributed by atoms with Crippen LogP contribution in [0.15, 0.2) is 152 Å². The monoisotopic (exact) mass is 518 g/mol. The molecule has 0 radical (unpaired) electrons. The summed E-state index contributed by atoms with van der Waals surface area (Å²) in [5.41, 5.74) is 7.90. The van der Waals surface area contributed by atoms with E-state index in [1.807, 2.05) is 11.3 Å². The molecule has 0 atom stereocenters. The van der Waals surface area contributed by atoms with E-state index in [2.05, 4.69) is 162 Å². The first kappa shape index (κ1) is 23.3. The molecule has 0 fully saturated rings. The Labute approximate surface area is 232 Å². The minimum Gasteiger partial charge on any atom is -0.355 e. The summed E-state index contributed by atoms with van der Waals surface area (Å²) in [7, 11) is 0. The highest BCUT2D eigenvalue weighted by molar-refractivity contribution is 7.25. The van der Waals surface area contributed by atoms with Crippen molar-refractivity contribution in [2.45, 2.75) is 0 Å². The maximum atomic E-state index is 3.65. The van der Waals surface area contributed by atoms with Gasteiger partial charge in [-0.25, -0.2) is 0 Å². The Hall–Kier alpha value is -4.86. The first-order valence-corrected chi connectivity index (χ1v) is 13.9. The van der Waals surface area contributed by atoms with E-state index in [-0.39, 0.29) is 0 Å². The van der Waals surface area contributed by atoms with Crippen molar-refractivity contribution in [1.29, 1.82) is 0 Å². The summed E-state index contributed by atoms with van der Waals surface area (Å²) in [5.74, 6) is 0. The fourth-order valence-electron chi connectivity index (χ4n) is 5.15. The number of hydrogen-bond acceptors (Lipinski definition) is 3. The number of benzene rings is 6. The van der Waals surface area contributed by atoms with Gasteiger partial charge in [-0.3, -0.25) is 0 Å². The smallest absolute Gasteiger partial charge is 0.0482 e. The van der Waals surface area contributed by atoms with Crippen molar-refractivity contribution in [2.24, 2.45) is 0 Å². The van der Waals surface area contributed by atoms with Crippen LogP contribution in [0.2, 0.25) is 0 Å². The van der Waals surface area contributed by atoms with Gasteiger partial charge in [-0.15, -0.1) is 11.3 Å². The van der Waals surface area contributed by atoms with Gasteiger partial charge in [0.05, 0.1) is 0 Å². The molecule has 0 bridgehead atoms. The second kappa shape index (κ2) is 10.1. The topological polar surface area (TPSA) is 15.3 Å². The van der Waals surface area contributed by atoms with E-state index in [9.17, 15) is 0 Å². The molecule has 7 rings (SSSR count). The van der Waals surface area contributed by atoms with Gasteiger partial charge in [0.25, 0.3) is 0 Å². The third-order valence-corrected chi connectivity index (χ3v) is 8.15. The first-order valence-electron chi connectivity index (χ1n) is 13.1. The van der Waals surface area contributed by atoms with Crippen molar-refractivity contribution < 1.29 is 0 Å².